The Labute approximate surface area is 337 Å². The maximum absolute atomic E-state index is 7.76. The molecule has 6 aromatic rings. The second-order valence-electron chi connectivity index (χ2n) is 15.0. The number of rotatable bonds is 6. The molecule has 0 saturated carbocycles. The Hall–Kier alpha value is -3.40. The van der Waals surface area contributed by atoms with Gasteiger partial charge in [-0.25, -0.2) is 0 Å². The molecule has 4 aromatic carbocycles. The quantitative estimate of drug-likeness (QED) is 0.157. The van der Waals surface area contributed by atoms with E-state index in [1.54, 1.807) is 0 Å². The Morgan fingerprint density at radius 3 is 1.19 bits per heavy atom. The fraction of sp³-hybridized carbons (Fsp3) is 0.217. The fourth-order valence-corrected chi connectivity index (χ4v) is 14.4. The first kappa shape index (κ1) is 36.9. The van der Waals surface area contributed by atoms with Crippen molar-refractivity contribution >= 4 is 52.5 Å². The van der Waals surface area contributed by atoms with Crippen molar-refractivity contribution in [2.45, 2.75) is 65.7 Å². The van der Waals surface area contributed by atoms with E-state index < -0.39 is 8.07 Å². The van der Waals surface area contributed by atoms with Crippen LogP contribution in [-0.2, 0) is 26.2 Å². The van der Waals surface area contributed by atoms with Gasteiger partial charge in [-0.15, -0.1) is 0 Å². The smallest absolute Gasteiger partial charge is 0.132 e. The monoisotopic (exact) mass is 814 g/mol. The van der Waals surface area contributed by atoms with E-state index >= 15 is 0 Å². The number of allylic oxidation sites excluding steroid dienone is 2. The molecule has 0 spiro atoms. The summed E-state index contributed by atoms with van der Waals surface area (Å²) in [6.07, 6.45) is 0. The number of benzene rings is 4. The third-order valence-electron chi connectivity index (χ3n) is 11.5. The zero-order chi connectivity index (χ0) is 35.9. The van der Waals surface area contributed by atoms with Crippen LogP contribution < -0.4 is 0 Å². The van der Waals surface area contributed by atoms with Crippen LogP contribution in [0.2, 0.25) is 13.1 Å². The van der Waals surface area contributed by atoms with Crippen molar-refractivity contribution in [3.8, 4) is 22.3 Å². The van der Waals surface area contributed by atoms with Crippen LogP contribution in [0.25, 0.3) is 43.5 Å². The molecule has 0 fully saturated rings. The van der Waals surface area contributed by atoms with Crippen LogP contribution in [0.15, 0.2) is 106 Å². The molecule has 0 aliphatic heterocycles. The summed E-state index contributed by atoms with van der Waals surface area (Å²) in [6, 6.07) is 34.5. The molecule has 260 valence electrons. The van der Waals surface area contributed by atoms with Crippen molar-refractivity contribution in [3.63, 3.8) is 0 Å². The molecule has 2 atom stereocenters. The normalized spacial score (nSPS) is 16.7. The molecule has 52 heavy (non-hydrogen) atoms. The van der Waals surface area contributed by atoms with E-state index in [1.165, 1.54) is 55.6 Å². The van der Waals surface area contributed by atoms with Crippen molar-refractivity contribution in [2.75, 3.05) is 0 Å². The molecular weight excluding hydrogens is 775 g/mol. The van der Waals surface area contributed by atoms with E-state index in [4.69, 9.17) is 32.0 Å². The van der Waals surface area contributed by atoms with Gasteiger partial charge in [-0.05, 0) is 121 Å². The van der Waals surface area contributed by atoms with Crippen LogP contribution in [0, 0.1) is 41.5 Å². The van der Waals surface area contributed by atoms with Gasteiger partial charge in [0.2, 0.25) is 0 Å². The first-order valence-electron chi connectivity index (χ1n) is 17.7. The zero-order valence-electron chi connectivity index (χ0n) is 31.0. The van der Waals surface area contributed by atoms with Crippen LogP contribution in [-0.4, -0.2) is 8.07 Å². The average Bonchev–Trinajstić information content (AvgIpc) is 3.87. The molecule has 2 nitrogen and oxygen atoms in total. The number of hydrogen-bond donors (Lipinski definition) is 0. The van der Waals surface area contributed by atoms with Gasteiger partial charge in [-0.3, -0.25) is 0 Å². The van der Waals surface area contributed by atoms with Gasteiger partial charge in [0.25, 0.3) is 0 Å². The van der Waals surface area contributed by atoms with E-state index in [2.05, 4.69) is 126 Å². The molecule has 2 unspecified atom stereocenters. The first-order chi connectivity index (χ1) is 24.4. The minimum Gasteiger partial charge on any atom is -0.462 e. The molecule has 0 N–H and O–H groups in total. The van der Waals surface area contributed by atoms with Gasteiger partial charge in [0, 0.05) is 59.6 Å². The third kappa shape index (κ3) is 5.68. The summed E-state index contributed by atoms with van der Waals surface area (Å²) in [5.41, 5.74) is 16.7. The van der Waals surface area contributed by atoms with Gasteiger partial charge in [-0.2, -0.15) is 0 Å². The summed E-state index contributed by atoms with van der Waals surface area (Å²) in [5.74, 6) is 3.40. The van der Waals surface area contributed by atoms with Gasteiger partial charge < -0.3 is 8.83 Å². The Kier molecular flexibility index (Phi) is 9.79. The maximum Gasteiger partial charge on any atom is 0.132 e. The molecular formula is C46H42Cl2O2SiZr. The molecule has 0 saturated heterocycles. The molecule has 2 aromatic heterocycles. The van der Waals surface area contributed by atoms with Crippen LogP contribution in [0.1, 0.15) is 78.6 Å². The van der Waals surface area contributed by atoms with Gasteiger partial charge in [0.05, 0.1) is 18.1 Å². The van der Waals surface area contributed by atoms with Crippen LogP contribution in [0.4, 0.5) is 0 Å². The van der Waals surface area contributed by atoms with Crippen molar-refractivity contribution in [3.05, 3.63) is 165 Å². The second kappa shape index (κ2) is 13.8. The molecule has 2 aliphatic carbocycles. The van der Waals surface area contributed by atoms with E-state index in [0.717, 1.165) is 55.4 Å². The van der Waals surface area contributed by atoms with Crippen molar-refractivity contribution in [1.82, 2.24) is 0 Å². The van der Waals surface area contributed by atoms with E-state index in [-0.39, 0.29) is 37.3 Å². The fourth-order valence-electron chi connectivity index (χ4n) is 8.95. The third-order valence-corrected chi connectivity index (χ3v) is 16.5. The van der Waals surface area contributed by atoms with Crippen LogP contribution in [0.3, 0.4) is 0 Å². The largest absolute Gasteiger partial charge is 0.462 e. The molecule has 0 radical (unpaired) electrons. The Balaban J connectivity index is 0.00000420. The van der Waals surface area contributed by atoms with Gasteiger partial charge in [-0.1, -0.05) is 109 Å². The van der Waals surface area contributed by atoms with Crippen molar-refractivity contribution in [2.24, 2.45) is 0 Å². The molecule has 0 amide bonds. The van der Waals surface area contributed by atoms with Crippen LogP contribution >= 0.6 is 23.2 Å². The summed E-state index contributed by atoms with van der Waals surface area (Å²) in [4.78, 5) is 0. The predicted molar refractivity (Wildman–Crippen MR) is 218 cm³/mol. The van der Waals surface area contributed by atoms with Gasteiger partial charge in [0.1, 0.15) is 23.0 Å². The first-order valence-corrected chi connectivity index (χ1v) is 21.6. The number of fused-ring (bicyclic) bond motifs is 2. The molecule has 2 aliphatic rings. The van der Waals surface area contributed by atoms with Gasteiger partial charge in [0.15, 0.2) is 0 Å². The number of hydrogen-bond acceptors (Lipinski definition) is 2. The minimum absolute atomic E-state index is 0. The summed E-state index contributed by atoms with van der Waals surface area (Å²) in [7, 11) is -2.63. The zero-order valence-corrected chi connectivity index (χ0v) is 35.9. The Morgan fingerprint density at radius 2 is 0.865 bits per heavy atom. The van der Waals surface area contributed by atoms with E-state index in [1.807, 2.05) is 26.0 Å². The number of aryl methyl sites for hydroxylation is 4. The topological polar surface area (TPSA) is 26.3 Å². The summed E-state index contributed by atoms with van der Waals surface area (Å²) < 4.78 is 13.0. The predicted octanol–water partition coefficient (Wildman–Crippen LogP) is 14.0. The Morgan fingerprint density at radius 1 is 0.500 bits per heavy atom. The SMILES string of the molecule is Cc1ccc(C2=C(Cl)c3c(cc(C)c(C)c3-c3ccccc3)C2[Si](C)(C)C2C(c3ccc(C)o3)=C(Cl)c3c2cc(C)c(C)c3-c2ccccc2)o1.[Zr]. The standard InChI is InChI=1S/C46H42Cl2O2Si.Zr/c1-25-23-33-39(37(29(25)5)31-15-11-9-12-16-31)43(47)41(35-21-19-27(3)49-35)45(33)51(7,8)46-34-24-26(2)30(6)38(32-17-13-10-14-18-32)40(34)44(48)42(46)36-22-20-28(4)50-36;/h9-24,45-46H,1-8H3;. The summed E-state index contributed by atoms with van der Waals surface area (Å²) in [5, 5.41) is 1.56. The van der Waals surface area contributed by atoms with Gasteiger partial charge >= 0.3 is 0 Å². The maximum atomic E-state index is 7.76. The summed E-state index contributed by atoms with van der Waals surface area (Å²) in [6.45, 7) is 17.9. The average molecular weight is 817 g/mol. The van der Waals surface area contributed by atoms with Crippen molar-refractivity contribution in [1.29, 1.82) is 0 Å². The molecule has 0 bridgehead atoms. The summed E-state index contributed by atoms with van der Waals surface area (Å²) >= 11 is 15.5. The Bertz CT molecular complexity index is 2260. The second-order valence-corrected chi connectivity index (χ2v) is 20.6. The molecule has 8 rings (SSSR count). The molecule has 6 heteroatoms. The molecule has 2 heterocycles. The van der Waals surface area contributed by atoms with E-state index in [0.29, 0.717) is 0 Å². The van der Waals surface area contributed by atoms with Crippen molar-refractivity contribution < 1.29 is 35.0 Å². The van der Waals surface area contributed by atoms with Crippen LogP contribution in [0.5, 0.6) is 0 Å². The minimum atomic E-state index is -2.63. The number of halogens is 2. The van der Waals surface area contributed by atoms with E-state index in [9.17, 15) is 0 Å². The number of furan rings is 2.